The van der Waals surface area contributed by atoms with Gasteiger partial charge in [0, 0.05) is 12.8 Å². The molecule has 0 saturated heterocycles. The van der Waals surface area contributed by atoms with Crippen LogP contribution in [0, 0.1) is 11.6 Å². The van der Waals surface area contributed by atoms with Gasteiger partial charge in [-0.2, -0.15) is 0 Å². The largest absolute Gasteiger partial charge is 0.465 e. The predicted octanol–water partition coefficient (Wildman–Crippen LogP) is 1.60. The number of hydrogen-bond acceptors (Lipinski definition) is 5. The van der Waals surface area contributed by atoms with Gasteiger partial charge in [-0.05, 0) is 18.6 Å². The second kappa shape index (κ2) is 6.65. The monoisotopic (exact) mass is 307 g/mol. The summed E-state index contributed by atoms with van der Waals surface area (Å²) in [4.78, 5) is 11.2. The van der Waals surface area contributed by atoms with E-state index in [1.807, 2.05) is 0 Å². The molecule has 0 aliphatic carbocycles. The van der Waals surface area contributed by atoms with Gasteiger partial charge in [0.25, 0.3) is 0 Å². The van der Waals surface area contributed by atoms with Gasteiger partial charge in [-0.25, -0.2) is 22.0 Å². The number of methoxy groups -OCH3 is 1. The molecule has 1 aromatic carbocycles. The van der Waals surface area contributed by atoms with E-state index < -0.39 is 33.0 Å². The van der Waals surface area contributed by atoms with Crippen molar-refractivity contribution in [2.45, 2.75) is 6.42 Å². The van der Waals surface area contributed by atoms with E-state index in [1.54, 1.807) is 0 Å². The van der Waals surface area contributed by atoms with E-state index >= 15 is 0 Å². The number of anilines is 1. The third kappa shape index (κ3) is 4.44. The number of hydrogen-bond donors (Lipinski definition) is 1. The second-order valence-corrected chi connectivity index (χ2v) is 6.45. The number of carbonyl (C=O) groups is 1. The van der Waals surface area contributed by atoms with Crippen LogP contribution in [-0.4, -0.2) is 40.1 Å². The number of nitrogens with one attached hydrogen (secondary N) is 1. The van der Waals surface area contributed by atoms with Crippen LogP contribution in [0.15, 0.2) is 12.1 Å². The third-order valence-electron chi connectivity index (χ3n) is 2.49. The van der Waals surface area contributed by atoms with Crippen LogP contribution in [0.3, 0.4) is 0 Å². The summed E-state index contributed by atoms with van der Waals surface area (Å²) in [6.07, 6.45) is 1.36. The third-order valence-corrected chi connectivity index (χ3v) is 3.53. The smallest absolute Gasteiger partial charge is 0.340 e. The molecule has 0 fully saturated rings. The first-order valence-corrected chi connectivity index (χ1v) is 7.80. The van der Waals surface area contributed by atoms with E-state index in [9.17, 15) is 22.0 Å². The summed E-state index contributed by atoms with van der Waals surface area (Å²) in [6.45, 7) is 0.168. The molecule has 0 bridgehead atoms. The number of rotatable bonds is 6. The summed E-state index contributed by atoms with van der Waals surface area (Å²) in [5.41, 5.74) is -0.629. The number of carbonyl (C=O) groups excluding carboxylic acids is 1. The predicted molar refractivity (Wildman–Crippen MR) is 70.5 cm³/mol. The van der Waals surface area contributed by atoms with E-state index in [-0.39, 0.29) is 24.4 Å². The highest BCUT2D eigenvalue weighted by Crippen LogP contribution is 2.21. The lowest BCUT2D eigenvalue weighted by molar-refractivity contribution is 0.0594. The lowest BCUT2D eigenvalue weighted by Gasteiger charge is -2.09. The van der Waals surface area contributed by atoms with Crippen LogP contribution in [-0.2, 0) is 14.6 Å². The SMILES string of the molecule is COC(=O)c1ccc(NCCCS(C)(=O)=O)c(F)c1F. The van der Waals surface area contributed by atoms with Gasteiger partial charge in [0.05, 0.1) is 24.1 Å². The zero-order chi connectivity index (χ0) is 15.3. The quantitative estimate of drug-likeness (QED) is 0.638. The van der Waals surface area contributed by atoms with Crippen LogP contribution in [0.2, 0.25) is 0 Å². The van der Waals surface area contributed by atoms with Crippen LogP contribution >= 0.6 is 0 Å². The van der Waals surface area contributed by atoms with E-state index in [1.165, 1.54) is 6.07 Å². The van der Waals surface area contributed by atoms with Gasteiger partial charge in [-0.3, -0.25) is 0 Å². The van der Waals surface area contributed by atoms with Gasteiger partial charge in [0.15, 0.2) is 11.6 Å². The Morgan fingerprint density at radius 2 is 1.95 bits per heavy atom. The summed E-state index contributed by atoms with van der Waals surface area (Å²) < 4.78 is 53.4. The van der Waals surface area contributed by atoms with E-state index in [2.05, 4.69) is 10.1 Å². The number of esters is 1. The molecule has 112 valence electrons. The number of halogens is 2. The van der Waals surface area contributed by atoms with Crippen LogP contribution in [0.1, 0.15) is 16.8 Å². The van der Waals surface area contributed by atoms with Gasteiger partial charge in [-0.15, -0.1) is 0 Å². The maximum atomic E-state index is 13.7. The van der Waals surface area contributed by atoms with Crippen LogP contribution in [0.5, 0.6) is 0 Å². The Morgan fingerprint density at radius 3 is 2.50 bits per heavy atom. The van der Waals surface area contributed by atoms with Crippen molar-refractivity contribution in [3.8, 4) is 0 Å². The molecule has 0 aliphatic rings. The average Bonchev–Trinajstić information content (AvgIpc) is 2.37. The Labute approximate surface area is 115 Å². The summed E-state index contributed by atoms with van der Waals surface area (Å²) in [5.74, 6) is -3.52. The number of sulfone groups is 1. The van der Waals surface area contributed by atoms with Crippen molar-refractivity contribution >= 4 is 21.5 Å². The van der Waals surface area contributed by atoms with Gasteiger partial charge in [-0.1, -0.05) is 0 Å². The van der Waals surface area contributed by atoms with E-state index in [0.29, 0.717) is 0 Å². The molecule has 1 aromatic rings. The van der Waals surface area contributed by atoms with Gasteiger partial charge >= 0.3 is 5.97 Å². The Morgan fingerprint density at radius 1 is 1.30 bits per heavy atom. The first kappa shape index (κ1) is 16.4. The van der Waals surface area contributed by atoms with Crippen molar-refractivity contribution < 1.29 is 26.7 Å². The normalized spacial score (nSPS) is 11.2. The van der Waals surface area contributed by atoms with Crippen LogP contribution in [0.25, 0.3) is 0 Å². The molecule has 0 heterocycles. The molecule has 0 aromatic heterocycles. The fourth-order valence-corrected chi connectivity index (χ4v) is 2.18. The van der Waals surface area contributed by atoms with Crippen molar-refractivity contribution in [1.29, 1.82) is 0 Å². The average molecular weight is 307 g/mol. The molecule has 0 spiro atoms. The summed E-state index contributed by atoms with van der Waals surface area (Å²) >= 11 is 0. The molecule has 0 saturated carbocycles. The molecule has 0 radical (unpaired) electrons. The van der Waals surface area contributed by atoms with Crippen molar-refractivity contribution in [1.82, 2.24) is 0 Å². The van der Waals surface area contributed by atoms with Gasteiger partial charge in [0.2, 0.25) is 0 Å². The van der Waals surface area contributed by atoms with Crippen molar-refractivity contribution in [2.75, 3.05) is 31.0 Å². The van der Waals surface area contributed by atoms with Crippen LogP contribution in [0.4, 0.5) is 14.5 Å². The Hall–Kier alpha value is -1.70. The lowest BCUT2D eigenvalue weighted by atomic mass is 10.2. The molecule has 0 aliphatic heterocycles. The topological polar surface area (TPSA) is 72.5 Å². The standard InChI is InChI=1S/C12H15F2NO4S/c1-19-12(16)8-4-5-9(11(14)10(8)13)15-6-3-7-20(2,17)18/h4-5,15H,3,6-7H2,1-2H3. The zero-order valence-electron chi connectivity index (χ0n) is 11.1. The first-order valence-electron chi connectivity index (χ1n) is 5.74. The Bertz CT molecular complexity index is 602. The van der Waals surface area contributed by atoms with Gasteiger partial charge in [0.1, 0.15) is 9.84 Å². The maximum absolute atomic E-state index is 13.7. The van der Waals surface area contributed by atoms with Crippen molar-refractivity contribution in [2.24, 2.45) is 0 Å². The van der Waals surface area contributed by atoms with E-state index in [4.69, 9.17) is 0 Å². The zero-order valence-corrected chi connectivity index (χ0v) is 11.9. The maximum Gasteiger partial charge on any atom is 0.340 e. The van der Waals surface area contributed by atoms with Gasteiger partial charge < -0.3 is 10.1 Å². The minimum absolute atomic E-state index is 0.0512. The fraction of sp³-hybridized carbons (Fsp3) is 0.417. The molecule has 1 N–H and O–H groups in total. The molecular weight excluding hydrogens is 292 g/mol. The molecule has 5 nitrogen and oxygen atoms in total. The van der Waals surface area contributed by atoms with Crippen LogP contribution < -0.4 is 5.32 Å². The second-order valence-electron chi connectivity index (χ2n) is 4.19. The number of ether oxygens (including phenoxy) is 1. The molecule has 0 unspecified atom stereocenters. The molecule has 0 atom stereocenters. The molecule has 0 amide bonds. The van der Waals surface area contributed by atoms with E-state index in [0.717, 1.165) is 19.4 Å². The van der Waals surface area contributed by atoms with Crippen molar-refractivity contribution in [3.63, 3.8) is 0 Å². The Balaban J connectivity index is 2.73. The summed E-state index contributed by atoms with van der Waals surface area (Å²) in [6, 6.07) is 2.30. The summed E-state index contributed by atoms with van der Waals surface area (Å²) in [5, 5.41) is 2.58. The molecule has 8 heteroatoms. The summed E-state index contributed by atoms with van der Waals surface area (Å²) in [7, 11) is -2.02. The molecule has 1 rings (SSSR count). The Kier molecular flexibility index (Phi) is 5.43. The highest BCUT2D eigenvalue weighted by molar-refractivity contribution is 7.90. The highest BCUT2D eigenvalue weighted by Gasteiger charge is 2.18. The number of benzene rings is 1. The highest BCUT2D eigenvalue weighted by atomic mass is 32.2. The molecular formula is C12H15F2NO4S. The fourth-order valence-electron chi connectivity index (χ4n) is 1.51. The molecule has 20 heavy (non-hydrogen) atoms. The minimum atomic E-state index is -3.09. The first-order chi connectivity index (χ1) is 9.26. The lowest BCUT2D eigenvalue weighted by Crippen LogP contribution is -2.12. The minimum Gasteiger partial charge on any atom is -0.465 e. The van der Waals surface area contributed by atoms with Crippen molar-refractivity contribution in [3.05, 3.63) is 29.3 Å².